The minimum absolute atomic E-state index is 0.0164. The second-order valence-electron chi connectivity index (χ2n) is 5.99. The maximum absolute atomic E-state index is 12.5. The van der Waals surface area contributed by atoms with Crippen LogP contribution in [0.1, 0.15) is 13.3 Å². The van der Waals surface area contributed by atoms with Gasteiger partial charge in [-0.25, -0.2) is 0 Å². The molecular weight excluding hydrogens is 286 g/mol. The van der Waals surface area contributed by atoms with Crippen LogP contribution >= 0.6 is 11.6 Å². The summed E-state index contributed by atoms with van der Waals surface area (Å²) in [6.45, 7) is 6.43. The normalized spacial score (nSPS) is 26.2. The molecule has 1 aromatic rings. The Morgan fingerprint density at radius 3 is 2.67 bits per heavy atom. The van der Waals surface area contributed by atoms with E-state index in [4.69, 9.17) is 11.6 Å². The highest BCUT2D eigenvalue weighted by Gasteiger charge is 2.33. The Kier molecular flexibility index (Phi) is 4.36. The van der Waals surface area contributed by atoms with Crippen LogP contribution in [0.4, 0.5) is 5.69 Å². The molecule has 4 nitrogen and oxygen atoms in total. The third kappa shape index (κ3) is 3.16. The van der Waals surface area contributed by atoms with Gasteiger partial charge in [-0.3, -0.25) is 4.79 Å². The quantitative estimate of drug-likeness (QED) is 0.907. The van der Waals surface area contributed by atoms with Crippen LogP contribution in [0.5, 0.6) is 0 Å². The number of halogens is 1. The highest BCUT2D eigenvalue weighted by Crippen LogP contribution is 2.22. The van der Waals surface area contributed by atoms with Crippen LogP contribution in [0, 0.1) is 5.92 Å². The first-order chi connectivity index (χ1) is 10.1. The van der Waals surface area contributed by atoms with E-state index in [-0.39, 0.29) is 11.9 Å². The predicted molar refractivity (Wildman–Crippen MR) is 85.8 cm³/mol. The molecule has 2 saturated heterocycles. The van der Waals surface area contributed by atoms with Gasteiger partial charge in [-0.05, 0) is 37.1 Å². The molecule has 0 aromatic heterocycles. The van der Waals surface area contributed by atoms with Gasteiger partial charge in [0.05, 0.1) is 6.04 Å². The number of anilines is 1. The summed E-state index contributed by atoms with van der Waals surface area (Å²) in [5.74, 6) is 0.717. The average Bonchev–Trinajstić information content (AvgIpc) is 2.93. The summed E-state index contributed by atoms with van der Waals surface area (Å²) in [4.78, 5) is 16.8. The third-order valence-electron chi connectivity index (χ3n) is 4.56. The number of hydrogen-bond acceptors (Lipinski definition) is 3. The van der Waals surface area contributed by atoms with Gasteiger partial charge in [0.25, 0.3) is 0 Å². The monoisotopic (exact) mass is 307 g/mol. The van der Waals surface area contributed by atoms with Crippen molar-refractivity contribution in [1.82, 2.24) is 10.2 Å². The Morgan fingerprint density at radius 2 is 2.05 bits per heavy atom. The van der Waals surface area contributed by atoms with Crippen LogP contribution in [-0.2, 0) is 4.79 Å². The van der Waals surface area contributed by atoms with Gasteiger partial charge in [0.1, 0.15) is 0 Å². The molecule has 0 radical (unpaired) electrons. The molecule has 0 bridgehead atoms. The zero-order valence-corrected chi connectivity index (χ0v) is 13.1. The lowest BCUT2D eigenvalue weighted by Gasteiger charge is -2.37. The number of nitrogens with zero attached hydrogens (tertiary/aromatic N) is 2. The summed E-state index contributed by atoms with van der Waals surface area (Å²) >= 11 is 6.05. The van der Waals surface area contributed by atoms with Gasteiger partial charge >= 0.3 is 0 Å². The van der Waals surface area contributed by atoms with Crippen LogP contribution < -0.4 is 10.2 Å². The summed E-state index contributed by atoms with van der Waals surface area (Å²) in [5, 5.41) is 4.09. The molecule has 1 amide bonds. The van der Waals surface area contributed by atoms with E-state index in [9.17, 15) is 4.79 Å². The SMILES string of the molecule is CC1CCNC1C(=O)N1CCN(c2cccc(Cl)c2)CC1. The Bertz CT molecular complexity index is 514. The maximum atomic E-state index is 12.5. The molecule has 0 saturated carbocycles. The van der Waals surface area contributed by atoms with E-state index in [2.05, 4.69) is 23.2 Å². The molecule has 2 fully saturated rings. The number of benzene rings is 1. The standard InChI is InChI=1S/C16H22ClN3O/c1-12-5-6-18-15(12)16(21)20-9-7-19(8-10-20)14-4-2-3-13(17)11-14/h2-4,11-12,15,18H,5-10H2,1H3. The fourth-order valence-electron chi connectivity index (χ4n) is 3.22. The molecule has 0 spiro atoms. The Hall–Kier alpha value is -1.26. The van der Waals surface area contributed by atoms with Crippen molar-refractivity contribution in [1.29, 1.82) is 0 Å². The fourth-order valence-corrected chi connectivity index (χ4v) is 3.40. The number of nitrogens with one attached hydrogen (secondary N) is 1. The zero-order chi connectivity index (χ0) is 14.8. The molecule has 1 N–H and O–H groups in total. The maximum Gasteiger partial charge on any atom is 0.240 e. The van der Waals surface area contributed by atoms with E-state index in [1.807, 2.05) is 23.1 Å². The van der Waals surface area contributed by atoms with Gasteiger partial charge in [0, 0.05) is 36.9 Å². The lowest BCUT2D eigenvalue weighted by atomic mass is 10.0. The molecular formula is C16H22ClN3O. The summed E-state index contributed by atoms with van der Waals surface area (Å²) in [7, 11) is 0. The number of piperazine rings is 1. The summed E-state index contributed by atoms with van der Waals surface area (Å²) in [5.41, 5.74) is 1.14. The number of carbonyl (C=O) groups excluding carboxylic acids is 1. The van der Waals surface area contributed by atoms with E-state index >= 15 is 0 Å². The van der Waals surface area contributed by atoms with E-state index in [0.29, 0.717) is 5.92 Å². The van der Waals surface area contributed by atoms with Crippen LogP contribution in [0.2, 0.25) is 5.02 Å². The first-order valence-corrected chi connectivity index (χ1v) is 8.05. The van der Waals surface area contributed by atoms with Gasteiger partial charge in [0.2, 0.25) is 5.91 Å². The molecule has 3 rings (SSSR count). The predicted octanol–water partition coefficient (Wildman–Crippen LogP) is 1.99. The molecule has 114 valence electrons. The molecule has 2 heterocycles. The Labute approximate surface area is 131 Å². The largest absolute Gasteiger partial charge is 0.368 e. The van der Waals surface area contributed by atoms with E-state index in [1.54, 1.807) is 0 Å². The molecule has 0 aliphatic carbocycles. The molecule has 2 atom stereocenters. The molecule has 21 heavy (non-hydrogen) atoms. The van der Waals surface area contributed by atoms with Gasteiger partial charge in [-0.2, -0.15) is 0 Å². The van der Waals surface area contributed by atoms with Crippen molar-refractivity contribution < 1.29 is 4.79 Å². The van der Waals surface area contributed by atoms with E-state index in [0.717, 1.165) is 49.9 Å². The van der Waals surface area contributed by atoms with Crippen molar-refractivity contribution in [2.75, 3.05) is 37.6 Å². The molecule has 2 unspecified atom stereocenters. The highest BCUT2D eigenvalue weighted by atomic mass is 35.5. The van der Waals surface area contributed by atoms with Crippen LogP contribution in [-0.4, -0.2) is 49.6 Å². The number of hydrogen-bond donors (Lipinski definition) is 1. The minimum Gasteiger partial charge on any atom is -0.368 e. The molecule has 5 heteroatoms. The van der Waals surface area contributed by atoms with Crippen LogP contribution in [0.15, 0.2) is 24.3 Å². The van der Waals surface area contributed by atoms with Gasteiger partial charge in [-0.1, -0.05) is 24.6 Å². The van der Waals surface area contributed by atoms with E-state index in [1.165, 1.54) is 0 Å². The number of rotatable bonds is 2. The lowest BCUT2D eigenvalue weighted by Crippen LogP contribution is -2.54. The molecule has 2 aliphatic rings. The van der Waals surface area contributed by atoms with Crippen molar-refractivity contribution in [2.45, 2.75) is 19.4 Å². The summed E-state index contributed by atoms with van der Waals surface area (Å²) in [6, 6.07) is 7.93. The molecule has 1 aromatic carbocycles. The summed E-state index contributed by atoms with van der Waals surface area (Å²) < 4.78 is 0. The Balaban J connectivity index is 1.59. The first kappa shape index (κ1) is 14.7. The van der Waals surface area contributed by atoms with Gasteiger partial charge in [-0.15, -0.1) is 0 Å². The van der Waals surface area contributed by atoms with Crippen LogP contribution in [0.25, 0.3) is 0 Å². The third-order valence-corrected chi connectivity index (χ3v) is 4.80. The van der Waals surface area contributed by atoms with Crippen molar-refractivity contribution in [3.8, 4) is 0 Å². The fraction of sp³-hybridized carbons (Fsp3) is 0.562. The minimum atomic E-state index is 0.0164. The molecule has 2 aliphatic heterocycles. The van der Waals surface area contributed by atoms with Gasteiger partial charge in [0.15, 0.2) is 0 Å². The average molecular weight is 308 g/mol. The zero-order valence-electron chi connectivity index (χ0n) is 12.4. The summed E-state index contributed by atoms with van der Waals surface area (Å²) in [6.07, 6.45) is 1.10. The smallest absolute Gasteiger partial charge is 0.240 e. The Morgan fingerprint density at radius 1 is 1.29 bits per heavy atom. The van der Waals surface area contributed by atoms with Crippen molar-refractivity contribution in [2.24, 2.45) is 5.92 Å². The topological polar surface area (TPSA) is 35.6 Å². The number of amides is 1. The second-order valence-corrected chi connectivity index (χ2v) is 6.43. The highest BCUT2D eigenvalue weighted by molar-refractivity contribution is 6.30. The lowest BCUT2D eigenvalue weighted by molar-refractivity contribution is -0.134. The van der Waals surface area contributed by atoms with Crippen molar-refractivity contribution in [3.05, 3.63) is 29.3 Å². The number of carbonyl (C=O) groups is 1. The van der Waals surface area contributed by atoms with Crippen molar-refractivity contribution >= 4 is 23.2 Å². The van der Waals surface area contributed by atoms with Crippen LogP contribution in [0.3, 0.4) is 0 Å². The first-order valence-electron chi connectivity index (χ1n) is 7.68. The second kappa shape index (κ2) is 6.24. The van der Waals surface area contributed by atoms with Crippen molar-refractivity contribution in [3.63, 3.8) is 0 Å². The van der Waals surface area contributed by atoms with E-state index < -0.39 is 0 Å². The van der Waals surface area contributed by atoms with Gasteiger partial charge < -0.3 is 15.1 Å².